The molecule has 1 aromatic carbocycles. The summed E-state index contributed by atoms with van der Waals surface area (Å²) in [5.74, 6) is -0.599. The molecule has 0 radical (unpaired) electrons. The van der Waals surface area contributed by atoms with Gasteiger partial charge in [0.25, 0.3) is 5.91 Å². The third kappa shape index (κ3) is 3.90. The summed E-state index contributed by atoms with van der Waals surface area (Å²) in [6.07, 6.45) is 3.58. The lowest BCUT2D eigenvalue weighted by Gasteiger charge is -2.08. The van der Waals surface area contributed by atoms with E-state index in [0.717, 1.165) is 6.26 Å². The van der Waals surface area contributed by atoms with Gasteiger partial charge in [0.2, 0.25) is 0 Å². The molecule has 9 heteroatoms. The van der Waals surface area contributed by atoms with Crippen LogP contribution in [0.4, 0.5) is 5.69 Å². The molecule has 0 saturated carbocycles. The van der Waals surface area contributed by atoms with E-state index in [-0.39, 0.29) is 26.5 Å². The molecule has 0 bridgehead atoms. The predicted molar refractivity (Wildman–Crippen MR) is 79.6 cm³/mol. The average molecular weight is 346 g/mol. The molecule has 0 atom stereocenters. The van der Waals surface area contributed by atoms with Gasteiger partial charge in [0.15, 0.2) is 9.84 Å². The van der Waals surface area contributed by atoms with Crippen molar-refractivity contribution in [2.24, 2.45) is 0 Å². The van der Waals surface area contributed by atoms with Gasteiger partial charge in [-0.15, -0.1) is 0 Å². The van der Waals surface area contributed by atoms with Crippen LogP contribution >= 0.6 is 23.2 Å². The van der Waals surface area contributed by atoms with Gasteiger partial charge in [-0.25, -0.2) is 13.4 Å². The second-order valence-electron chi connectivity index (χ2n) is 4.09. The molecule has 2 aromatic rings. The molecule has 2 rings (SSSR count). The Balaban J connectivity index is 2.33. The number of benzene rings is 1. The SMILES string of the molecule is CS(=O)(=O)c1ccc(Cl)c(NC(=O)c2cncc(Cl)n2)c1. The van der Waals surface area contributed by atoms with Gasteiger partial charge in [-0.3, -0.25) is 9.78 Å². The maximum Gasteiger partial charge on any atom is 0.275 e. The van der Waals surface area contributed by atoms with E-state index in [1.54, 1.807) is 0 Å². The van der Waals surface area contributed by atoms with Crippen molar-refractivity contribution < 1.29 is 13.2 Å². The number of carbonyl (C=O) groups excluding carboxylic acids is 1. The van der Waals surface area contributed by atoms with E-state index in [1.165, 1.54) is 30.6 Å². The minimum Gasteiger partial charge on any atom is -0.319 e. The molecule has 0 unspecified atom stereocenters. The number of nitrogens with zero attached hydrogens (tertiary/aromatic N) is 2. The Kier molecular flexibility index (Phi) is 4.46. The molecule has 0 spiro atoms. The fourth-order valence-electron chi connectivity index (χ4n) is 1.47. The van der Waals surface area contributed by atoms with E-state index in [0.29, 0.717) is 0 Å². The fourth-order valence-corrected chi connectivity index (χ4v) is 2.43. The van der Waals surface area contributed by atoms with Crippen LogP contribution in [-0.4, -0.2) is 30.5 Å². The summed E-state index contributed by atoms with van der Waals surface area (Å²) in [4.78, 5) is 19.6. The van der Waals surface area contributed by atoms with Crippen LogP contribution in [0, 0.1) is 0 Å². The highest BCUT2D eigenvalue weighted by Crippen LogP contribution is 2.25. The maximum atomic E-state index is 12.0. The van der Waals surface area contributed by atoms with Crippen LogP contribution in [-0.2, 0) is 9.84 Å². The van der Waals surface area contributed by atoms with Crippen molar-refractivity contribution in [3.63, 3.8) is 0 Å². The Bertz CT molecular complexity index is 809. The predicted octanol–water partition coefficient (Wildman–Crippen LogP) is 2.44. The summed E-state index contributed by atoms with van der Waals surface area (Å²) in [5, 5.41) is 2.74. The third-order valence-corrected chi connectivity index (χ3v) is 4.07. The normalized spacial score (nSPS) is 11.2. The molecular weight excluding hydrogens is 337 g/mol. The Morgan fingerprint density at radius 1 is 1.24 bits per heavy atom. The number of halogens is 2. The van der Waals surface area contributed by atoms with Gasteiger partial charge in [0.1, 0.15) is 10.8 Å². The number of anilines is 1. The van der Waals surface area contributed by atoms with Gasteiger partial charge in [-0.1, -0.05) is 23.2 Å². The van der Waals surface area contributed by atoms with Gasteiger partial charge in [0.05, 0.1) is 28.0 Å². The summed E-state index contributed by atoms with van der Waals surface area (Å²) in [5.41, 5.74) is 0.148. The van der Waals surface area contributed by atoms with Crippen LogP contribution in [0.15, 0.2) is 35.5 Å². The zero-order chi connectivity index (χ0) is 15.6. The zero-order valence-electron chi connectivity index (χ0n) is 10.7. The molecule has 0 saturated heterocycles. The number of nitrogens with one attached hydrogen (secondary N) is 1. The van der Waals surface area contributed by atoms with Crippen molar-refractivity contribution in [3.8, 4) is 0 Å². The van der Waals surface area contributed by atoms with Crippen molar-refractivity contribution in [1.82, 2.24) is 9.97 Å². The standard InChI is InChI=1S/C12H9Cl2N3O3S/c1-21(19,20)7-2-3-8(13)9(4-7)17-12(18)10-5-15-6-11(14)16-10/h2-6H,1H3,(H,17,18). The molecule has 0 aliphatic rings. The molecular formula is C12H9Cl2N3O3S. The summed E-state index contributed by atoms with van der Waals surface area (Å²) in [6.45, 7) is 0. The van der Waals surface area contributed by atoms with Crippen molar-refractivity contribution in [2.75, 3.05) is 11.6 Å². The Morgan fingerprint density at radius 3 is 2.57 bits per heavy atom. The summed E-state index contributed by atoms with van der Waals surface area (Å²) in [6, 6.07) is 4.01. The molecule has 1 aromatic heterocycles. The minimum atomic E-state index is -3.41. The van der Waals surface area contributed by atoms with Crippen molar-refractivity contribution in [2.45, 2.75) is 4.90 Å². The number of amides is 1. The van der Waals surface area contributed by atoms with E-state index in [2.05, 4.69) is 15.3 Å². The number of hydrogen-bond acceptors (Lipinski definition) is 5. The first-order valence-corrected chi connectivity index (χ1v) is 8.20. The number of sulfone groups is 1. The molecule has 110 valence electrons. The quantitative estimate of drug-likeness (QED) is 0.922. The first-order chi connectivity index (χ1) is 9.77. The highest BCUT2D eigenvalue weighted by atomic mass is 35.5. The van der Waals surface area contributed by atoms with Crippen molar-refractivity contribution >= 4 is 44.6 Å². The van der Waals surface area contributed by atoms with E-state index >= 15 is 0 Å². The largest absolute Gasteiger partial charge is 0.319 e. The number of carbonyl (C=O) groups is 1. The Labute approximate surface area is 131 Å². The number of hydrogen-bond donors (Lipinski definition) is 1. The minimum absolute atomic E-state index is 0.0108. The topological polar surface area (TPSA) is 89.0 Å². The molecule has 0 fully saturated rings. The molecule has 6 nitrogen and oxygen atoms in total. The van der Waals surface area contributed by atoms with E-state index in [4.69, 9.17) is 23.2 Å². The molecule has 0 aliphatic carbocycles. The van der Waals surface area contributed by atoms with Crippen LogP contribution < -0.4 is 5.32 Å². The summed E-state index contributed by atoms with van der Waals surface area (Å²) in [7, 11) is -3.41. The first kappa shape index (κ1) is 15.7. The summed E-state index contributed by atoms with van der Waals surface area (Å²) < 4.78 is 23.0. The highest BCUT2D eigenvalue weighted by molar-refractivity contribution is 7.90. The third-order valence-electron chi connectivity index (χ3n) is 2.45. The second kappa shape index (κ2) is 5.97. The smallest absolute Gasteiger partial charge is 0.275 e. The number of aromatic nitrogens is 2. The van der Waals surface area contributed by atoms with Gasteiger partial charge in [-0.05, 0) is 18.2 Å². The molecule has 1 amide bonds. The maximum absolute atomic E-state index is 12.0. The van der Waals surface area contributed by atoms with Gasteiger partial charge in [0, 0.05) is 6.26 Å². The Morgan fingerprint density at radius 2 is 1.95 bits per heavy atom. The fraction of sp³-hybridized carbons (Fsp3) is 0.0833. The van der Waals surface area contributed by atoms with Gasteiger partial charge in [-0.2, -0.15) is 0 Å². The molecule has 1 heterocycles. The van der Waals surface area contributed by atoms with Gasteiger partial charge < -0.3 is 5.32 Å². The van der Waals surface area contributed by atoms with E-state index in [9.17, 15) is 13.2 Å². The average Bonchev–Trinajstić information content (AvgIpc) is 2.40. The van der Waals surface area contributed by atoms with Crippen LogP contribution in [0.25, 0.3) is 0 Å². The monoisotopic (exact) mass is 345 g/mol. The molecule has 0 aliphatic heterocycles. The van der Waals surface area contributed by atoms with Crippen LogP contribution in [0.1, 0.15) is 10.5 Å². The van der Waals surface area contributed by atoms with Crippen LogP contribution in [0.3, 0.4) is 0 Å². The number of rotatable bonds is 3. The lowest BCUT2D eigenvalue weighted by Crippen LogP contribution is -2.14. The van der Waals surface area contributed by atoms with E-state index < -0.39 is 15.7 Å². The molecule has 21 heavy (non-hydrogen) atoms. The van der Waals surface area contributed by atoms with Crippen LogP contribution in [0.5, 0.6) is 0 Å². The van der Waals surface area contributed by atoms with Crippen molar-refractivity contribution in [1.29, 1.82) is 0 Å². The van der Waals surface area contributed by atoms with Gasteiger partial charge >= 0.3 is 0 Å². The Hall–Kier alpha value is -1.70. The van der Waals surface area contributed by atoms with Crippen LogP contribution in [0.2, 0.25) is 10.2 Å². The van der Waals surface area contributed by atoms with Crippen molar-refractivity contribution in [3.05, 3.63) is 46.5 Å². The first-order valence-electron chi connectivity index (χ1n) is 5.56. The second-order valence-corrected chi connectivity index (χ2v) is 6.91. The lowest BCUT2D eigenvalue weighted by atomic mass is 10.3. The highest BCUT2D eigenvalue weighted by Gasteiger charge is 2.14. The van der Waals surface area contributed by atoms with E-state index in [1.807, 2.05) is 0 Å². The summed E-state index contributed by atoms with van der Waals surface area (Å²) >= 11 is 11.6. The molecule has 1 N–H and O–H groups in total. The lowest BCUT2D eigenvalue weighted by molar-refractivity contribution is 0.102. The zero-order valence-corrected chi connectivity index (χ0v) is 13.0.